The largest absolute Gasteiger partial charge is 0.490 e. The molecule has 1 unspecified atom stereocenters. The zero-order valence-electron chi connectivity index (χ0n) is 16.7. The molecule has 1 atom stereocenters. The number of hydrogen-bond acceptors (Lipinski definition) is 5. The lowest BCUT2D eigenvalue weighted by Crippen LogP contribution is -2.44. The van der Waals surface area contributed by atoms with Gasteiger partial charge in [0.1, 0.15) is 12.4 Å². The van der Waals surface area contributed by atoms with Gasteiger partial charge in [0, 0.05) is 24.3 Å². The molecule has 8 heteroatoms. The van der Waals surface area contributed by atoms with Crippen molar-refractivity contribution in [1.82, 2.24) is 0 Å². The van der Waals surface area contributed by atoms with Crippen molar-refractivity contribution in [2.45, 2.75) is 39.7 Å². The van der Waals surface area contributed by atoms with E-state index in [0.717, 1.165) is 12.8 Å². The van der Waals surface area contributed by atoms with Crippen LogP contribution in [0.4, 0.5) is 11.4 Å². The molecule has 1 fully saturated rings. The SMILES string of the molecule is CC(C)(C)C(=O)N1CCOc2ccc(NC(=O)C(N)C3CCOCC3)cc21.Cl. The number of carbonyl (C=O) groups excluding carboxylic acids is 2. The number of rotatable bonds is 3. The van der Waals surface area contributed by atoms with E-state index in [1.54, 1.807) is 23.1 Å². The van der Waals surface area contributed by atoms with Crippen LogP contribution in [0.25, 0.3) is 0 Å². The highest BCUT2D eigenvalue weighted by Crippen LogP contribution is 2.36. The lowest BCUT2D eigenvalue weighted by atomic mass is 9.92. The summed E-state index contributed by atoms with van der Waals surface area (Å²) in [6.07, 6.45) is 1.58. The number of fused-ring (bicyclic) bond motifs is 1. The summed E-state index contributed by atoms with van der Waals surface area (Å²) < 4.78 is 11.0. The average molecular weight is 412 g/mol. The maximum atomic E-state index is 12.8. The van der Waals surface area contributed by atoms with Crippen molar-refractivity contribution in [3.63, 3.8) is 0 Å². The van der Waals surface area contributed by atoms with Gasteiger partial charge in [0.15, 0.2) is 0 Å². The summed E-state index contributed by atoms with van der Waals surface area (Å²) in [5.41, 5.74) is 6.94. The predicted octanol–water partition coefficient (Wildman–Crippen LogP) is 2.57. The fourth-order valence-electron chi connectivity index (χ4n) is 3.43. The van der Waals surface area contributed by atoms with Crippen LogP contribution in [-0.2, 0) is 14.3 Å². The third kappa shape index (κ3) is 4.96. The summed E-state index contributed by atoms with van der Waals surface area (Å²) in [4.78, 5) is 27.1. The van der Waals surface area contributed by atoms with E-state index < -0.39 is 11.5 Å². The molecular weight excluding hydrogens is 382 g/mol. The Morgan fingerprint density at radius 1 is 1.21 bits per heavy atom. The fourth-order valence-corrected chi connectivity index (χ4v) is 3.43. The zero-order valence-corrected chi connectivity index (χ0v) is 17.5. The minimum absolute atomic E-state index is 0. The number of carbonyl (C=O) groups is 2. The summed E-state index contributed by atoms with van der Waals surface area (Å²) in [6.45, 7) is 7.91. The highest BCUT2D eigenvalue weighted by atomic mass is 35.5. The lowest BCUT2D eigenvalue weighted by Gasteiger charge is -2.34. The maximum absolute atomic E-state index is 12.8. The maximum Gasteiger partial charge on any atom is 0.241 e. The third-order valence-electron chi connectivity index (χ3n) is 5.05. The van der Waals surface area contributed by atoms with Crippen molar-refractivity contribution < 1.29 is 19.1 Å². The third-order valence-corrected chi connectivity index (χ3v) is 5.05. The van der Waals surface area contributed by atoms with E-state index in [-0.39, 0.29) is 30.1 Å². The molecule has 1 saturated heterocycles. The van der Waals surface area contributed by atoms with Crippen LogP contribution in [0.15, 0.2) is 18.2 Å². The molecule has 2 amide bonds. The molecule has 0 bridgehead atoms. The van der Waals surface area contributed by atoms with Crippen molar-refractivity contribution in [1.29, 1.82) is 0 Å². The van der Waals surface area contributed by atoms with Crippen LogP contribution in [-0.4, -0.2) is 44.2 Å². The first kappa shape index (κ1) is 22.5. The number of nitrogens with zero attached hydrogens (tertiary/aromatic N) is 1. The summed E-state index contributed by atoms with van der Waals surface area (Å²) in [5.74, 6) is 0.575. The van der Waals surface area contributed by atoms with Crippen LogP contribution in [0.2, 0.25) is 0 Å². The number of nitrogens with two attached hydrogens (primary N) is 1. The van der Waals surface area contributed by atoms with Gasteiger partial charge in [0.05, 0.1) is 18.3 Å². The minimum atomic E-state index is -0.575. The number of nitrogens with one attached hydrogen (secondary N) is 1. The van der Waals surface area contributed by atoms with Gasteiger partial charge < -0.3 is 25.4 Å². The Kier molecular flexibility index (Phi) is 7.31. The first-order valence-electron chi connectivity index (χ1n) is 9.50. The van der Waals surface area contributed by atoms with Gasteiger partial charge in [0.2, 0.25) is 11.8 Å². The first-order chi connectivity index (χ1) is 12.8. The molecular formula is C20H30ClN3O4. The van der Waals surface area contributed by atoms with Crippen LogP contribution >= 0.6 is 12.4 Å². The van der Waals surface area contributed by atoms with E-state index >= 15 is 0 Å². The molecule has 7 nitrogen and oxygen atoms in total. The van der Waals surface area contributed by atoms with E-state index in [4.69, 9.17) is 15.2 Å². The number of ether oxygens (including phenoxy) is 2. The van der Waals surface area contributed by atoms with Crippen molar-refractivity contribution in [2.24, 2.45) is 17.1 Å². The molecule has 1 aromatic carbocycles. The van der Waals surface area contributed by atoms with Crippen molar-refractivity contribution in [3.05, 3.63) is 18.2 Å². The Hall–Kier alpha value is -1.83. The molecule has 2 heterocycles. The number of halogens is 1. The molecule has 2 aliphatic heterocycles. The van der Waals surface area contributed by atoms with Crippen LogP contribution in [0.5, 0.6) is 5.75 Å². The summed E-state index contributed by atoms with van der Waals surface area (Å²) in [5, 5.41) is 2.89. The number of anilines is 2. The molecule has 1 aromatic rings. The quantitative estimate of drug-likeness (QED) is 0.797. The molecule has 3 N–H and O–H groups in total. The van der Waals surface area contributed by atoms with Crippen molar-refractivity contribution >= 4 is 35.6 Å². The molecule has 156 valence electrons. The second-order valence-electron chi connectivity index (χ2n) is 8.20. The molecule has 0 aliphatic carbocycles. The Morgan fingerprint density at radius 3 is 2.54 bits per heavy atom. The van der Waals surface area contributed by atoms with Crippen LogP contribution in [0.1, 0.15) is 33.6 Å². The van der Waals surface area contributed by atoms with Gasteiger partial charge in [-0.05, 0) is 37.0 Å². The summed E-state index contributed by atoms with van der Waals surface area (Å²) in [6, 6.07) is 4.77. The van der Waals surface area contributed by atoms with E-state index in [1.165, 1.54) is 0 Å². The second-order valence-corrected chi connectivity index (χ2v) is 8.20. The molecule has 0 spiro atoms. The number of benzene rings is 1. The van der Waals surface area contributed by atoms with E-state index in [1.807, 2.05) is 20.8 Å². The molecule has 3 rings (SSSR count). The summed E-state index contributed by atoms with van der Waals surface area (Å²) in [7, 11) is 0. The molecule has 28 heavy (non-hydrogen) atoms. The van der Waals surface area contributed by atoms with Crippen LogP contribution in [0.3, 0.4) is 0 Å². The molecule has 2 aliphatic rings. The van der Waals surface area contributed by atoms with Gasteiger partial charge >= 0.3 is 0 Å². The Bertz CT molecular complexity index is 714. The normalized spacial score (nSPS) is 18.4. The monoisotopic (exact) mass is 411 g/mol. The highest BCUT2D eigenvalue weighted by Gasteiger charge is 2.32. The Labute approximate surface area is 172 Å². The topological polar surface area (TPSA) is 93.9 Å². The fraction of sp³-hybridized carbons (Fsp3) is 0.600. The summed E-state index contributed by atoms with van der Waals surface area (Å²) >= 11 is 0. The Morgan fingerprint density at radius 2 is 1.89 bits per heavy atom. The van der Waals surface area contributed by atoms with Gasteiger partial charge in [-0.3, -0.25) is 9.59 Å². The smallest absolute Gasteiger partial charge is 0.241 e. The van der Waals surface area contributed by atoms with Crippen molar-refractivity contribution in [3.8, 4) is 5.75 Å². The van der Waals surface area contributed by atoms with Crippen LogP contribution in [0, 0.1) is 11.3 Å². The van der Waals surface area contributed by atoms with Crippen LogP contribution < -0.4 is 20.7 Å². The molecule has 0 saturated carbocycles. The first-order valence-corrected chi connectivity index (χ1v) is 9.50. The van der Waals surface area contributed by atoms with Gasteiger partial charge in [-0.25, -0.2) is 0 Å². The predicted molar refractivity (Wildman–Crippen MR) is 111 cm³/mol. The van der Waals surface area contributed by atoms with Gasteiger partial charge in [-0.15, -0.1) is 12.4 Å². The van der Waals surface area contributed by atoms with E-state index in [2.05, 4.69) is 5.32 Å². The van der Waals surface area contributed by atoms with Crippen molar-refractivity contribution in [2.75, 3.05) is 36.6 Å². The average Bonchev–Trinajstić information content (AvgIpc) is 2.66. The number of hydrogen-bond donors (Lipinski definition) is 2. The van der Waals surface area contributed by atoms with Gasteiger partial charge in [-0.1, -0.05) is 20.8 Å². The van der Waals surface area contributed by atoms with E-state index in [0.29, 0.717) is 43.5 Å². The molecule has 0 radical (unpaired) electrons. The second kappa shape index (κ2) is 9.11. The highest BCUT2D eigenvalue weighted by molar-refractivity contribution is 6.00. The molecule has 0 aromatic heterocycles. The van der Waals surface area contributed by atoms with Gasteiger partial charge in [0.25, 0.3) is 0 Å². The lowest BCUT2D eigenvalue weighted by molar-refractivity contribution is -0.126. The standard InChI is InChI=1S/C20H29N3O4.ClH/c1-20(2,3)19(25)23-8-11-27-16-5-4-14(12-15(16)23)22-18(24)17(21)13-6-9-26-10-7-13;/h4-5,12-13,17H,6-11,21H2,1-3H3,(H,22,24);1H. The minimum Gasteiger partial charge on any atom is -0.490 e. The van der Waals surface area contributed by atoms with Gasteiger partial charge in [-0.2, -0.15) is 0 Å². The van der Waals surface area contributed by atoms with E-state index in [9.17, 15) is 9.59 Å². The number of amides is 2. The Balaban J connectivity index is 0.00000280. The zero-order chi connectivity index (χ0) is 19.6.